The van der Waals surface area contributed by atoms with Crippen LogP contribution in [0.4, 0.5) is 0 Å². The maximum Gasteiger partial charge on any atom is 0.0695 e. The second-order valence-corrected chi connectivity index (χ2v) is 6.51. The Morgan fingerprint density at radius 2 is 1.94 bits per heavy atom. The summed E-state index contributed by atoms with van der Waals surface area (Å²) in [7, 11) is 0. The Labute approximate surface area is 100 Å². The molecule has 2 saturated carbocycles. The predicted octanol–water partition coefficient (Wildman–Crippen LogP) is 2.80. The molecule has 0 aliphatic heterocycles. The Morgan fingerprint density at radius 3 is 2.50 bits per heavy atom. The summed E-state index contributed by atoms with van der Waals surface area (Å²) >= 11 is 0. The second-order valence-electron chi connectivity index (χ2n) is 6.51. The van der Waals surface area contributed by atoms with E-state index >= 15 is 0 Å². The van der Waals surface area contributed by atoms with E-state index in [0.29, 0.717) is 11.5 Å². The first kappa shape index (κ1) is 12.4. The Hall–Kier alpha value is -0.0800. The molecule has 2 rings (SSSR count). The smallest absolute Gasteiger partial charge is 0.0695 e. The summed E-state index contributed by atoms with van der Waals surface area (Å²) in [6.45, 7) is 8.12. The van der Waals surface area contributed by atoms with Crippen LogP contribution in [0, 0.1) is 5.41 Å². The molecule has 2 aliphatic carbocycles. The van der Waals surface area contributed by atoms with E-state index in [1.807, 2.05) is 0 Å². The molecule has 0 amide bonds. The number of rotatable bonds is 4. The van der Waals surface area contributed by atoms with Crippen molar-refractivity contribution in [2.75, 3.05) is 6.54 Å². The van der Waals surface area contributed by atoms with E-state index < -0.39 is 0 Å². The number of aliphatic hydroxyl groups excluding tert-OH is 1. The first-order chi connectivity index (χ1) is 7.53. The summed E-state index contributed by atoms with van der Waals surface area (Å²) in [5.41, 5.74) is 0.421. The predicted molar refractivity (Wildman–Crippen MR) is 67.4 cm³/mol. The second kappa shape index (κ2) is 4.66. The van der Waals surface area contributed by atoms with Crippen molar-refractivity contribution in [1.29, 1.82) is 0 Å². The standard InChI is InChI=1S/C14H27NO/c1-4-9-15(11-5-6-11)12-10-14(2,3)8-7-13(12)16/h11-13,16H,4-10H2,1-3H3. The molecular weight excluding hydrogens is 198 g/mol. The first-order valence-electron chi connectivity index (χ1n) is 6.97. The van der Waals surface area contributed by atoms with E-state index in [4.69, 9.17) is 0 Å². The normalized spacial score (nSPS) is 34.3. The van der Waals surface area contributed by atoms with Crippen molar-refractivity contribution in [1.82, 2.24) is 4.90 Å². The Balaban J connectivity index is 2.03. The highest BCUT2D eigenvalue weighted by atomic mass is 16.3. The Morgan fingerprint density at radius 1 is 1.25 bits per heavy atom. The number of hydrogen-bond donors (Lipinski definition) is 1. The number of aliphatic hydroxyl groups is 1. The molecule has 2 fully saturated rings. The van der Waals surface area contributed by atoms with Crippen molar-refractivity contribution < 1.29 is 5.11 Å². The SMILES string of the molecule is CCCN(C1CC1)C1CC(C)(C)CCC1O. The third-order valence-corrected chi connectivity index (χ3v) is 4.25. The summed E-state index contributed by atoms with van der Waals surface area (Å²) in [6, 6.07) is 1.21. The van der Waals surface area contributed by atoms with Crippen molar-refractivity contribution in [3.05, 3.63) is 0 Å². The highest BCUT2D eigenvalue weighted by Crippen LogP contribution is 2.40. The van der Waals surface area contributed by atoms with E-state index in [2.05, 4.69) is 25.7 Å². The number of hydrogen-bond acceptors (Lipinski definition) is 2. The number of nitrogens with zero attached hydrogens (tertiary/aromatic N) is 1. The van der Waals surface area contributed by atoms with Crippen LogP contribution >= 0.6 is 0 Å². The van der Waals surface area contributed by atoms with Gasteiger partial charge in [-0.1, -0.05) is 20.8 Å². The summed E-state index contributed by atoms with van der Waals surface area (Å²) in [4.78, 5) is 2.60. The van der Waals surface area contributed by atoms with Gasteiger partial charge in [-0.3, -0.25) is 4.90 Å². The molecular formula is C14H27NO. The van der Waals surface area contributed by atoms with Crippen molar-refractivity contribution in [3.63, 3.8) is 0 Å². The lowest BCUT2D eigenvalue weighted by Gasteiger charge is -2.44. The van der Waals surface area contributed by atoms with Gasteiger partial charge in [0, 0.05) is 12.1 Å². The summed E-state index contributed by atoms with van der Waals surface area (Å²) in [5, 5.41) is 10.2. The molecule has 0 spiro atoms. The van der Waals surface area contributed by atoms with Crippen LogP contribution in [0.5, 0.6) is 0 Å². The fraction of sp³-hybridized carbons (Fsp3) is 1.00. The zero-order chi connectivity index (χ0) is 11.8. The van der Waals surface area contributed by atoms with Gasteiger partial charge in [0.15, 0.2) is 0 Å². The fourth-order valence-corrected chi connectivity index (χ4v) is 3.16. The zero-order valence-corrected chi connectivity index (χ0v) is 11.1. The van der Waals surface area contributed by atoms with Crippen LogP contribution in [-0.4, -0.2) is 34.7 Å². The van der Waals surface area contributed by atoms with Crippen molar-refractivity contribution in [2.45, 2.75) is 77.5 Å². The Kier molecular flexibility index (Phi) is 3.60. The summed E-state index contributed by atoms with van der Waals surface area (Å²) in [5.74, 6) is 0. The van der Waals surface area contributed by atoms with Gasteiger partial charge in [0.05, 0.1) is 6.10 Å². The molecule has 2 aliphatic rings. The van der Waals surface area contributed by atoms with Gasteiger partial charge in [-0.25, -0.2) is 0 Å². The molecule has 0 aromatic rings. The summed E-state index contributed by atoms with van der Waals surface area (Å²) in [6.07, 6.45) is 7.16. The lowest BCUT2D eigenvalue weighted by atomic mass is 9.73. The van der Waals surface area contributed by atoms with Crippen LogP contribution < -0.4 is 0 Å². The molecule has 16 heavy (non-hydrogen) atoms. The average Bonchev–Trinajstić information content (AvgIpc) is 3.02. The molecule has 0 aromatic carbocycles. The highest BCUT2D eigenvalue weighted by molar-refractivity contribution is 4.96. The van der Waals surface area contributed by atoms with Crippen LogP contribution in [0.25, 0.3) is 0 Å². The van der Waals surface area contributed by atoms with Crippen molar-refractivity contribution >= 4 is 0 Å². The van der Waals surface area contributed by atoms with Gasteiger partial charge in [0.2, 0.25) is 0 Å². The van der Waals surface area contributed by atoms with Gasteiger partial charge in [-0.05, 0) is 50.5 Å². The minimum absolute atomic E-state index is 0.0832. The fourth-order valence-electron chi connectivity index (χ4n) is 3.16. The largest absolute Gasteiger partial charge is 0.391 e. The van der Waals surface area contributed by atoms with Crippen LogP contribution in [0.3, 0.4) is 0 Å². The van der Waals surface area contributed by atoms with Crippen molar-refractivity contribution in [2.24, 2.45) is 5.41 Å². The minimum Gasteiger partial charge on any atom is -0.391 e. The monoisotopic (exact) mass is 225 g/mol. The average molecular weight is 225 g/mol. The lowest BCUT2D eigenvalue weighted by Crippen LogP contribution is -2.50. The van der Waals surface area contributed by atoms with E-state index in [0.717, 1.165) is 12.5 Å². The maximum absolute atomic E-state index is 10.2. The van der Waals surface area contributed by atoms with E-state index in [9.17, 15) is 5.11 Å². The van der Waals surface area contributed by atoms with Gasteiger partial charge in [0.25, 0.3) is 0 Å². The first-order valence-corrected chi connectivity index (χ1v) is 6.97. The highest BCUT2D eigenvalue weighted by Gasteiger charge is 2.41. The minimum atomic E-state index is -0.0832. The van der Waals surface area contributed by atoms with Gasteiger partial charge < -0.3 is 5.11 Å². The van der Waals surface area contributed by atoms with Gasteiger partial charge in [0.1, 0.15) is 0 Å². The van der Waals surface area contributed by atoms with Gasteiger partial charge in [-0.15, -0.1) is 0 Å². The van der Waals surface area contributed by atoms with Crippen LogP contribution in [0.15, 0.2) is 0 Å². The molecule has 2 nitrogen and oxygen atoms in total. The molecule has 0 heterocycles. The van der Waals surface area contributed by atoms with E-state index in [1.54, 1.807) is 0 Å². The Bertz CT molecular complexity index is 235. The maximum atomic E-state index is 10.2. The quantitative estimate of drug-likeness (QED) is 0.795. The van der Waals surface area contributed by atoms with Crippen LogP contribution in [-0.2, 0) is 0 Å². The molecule has 94 valence electrons. The molecule has 2 unspecified atom stereocenters. The topological polar surface area (TPSA) is 23.5 Å². The molecule has 0 aromatic heterocycles. The lowest BCUT2D eigenvalue weighted by molar-refractivity contribution is -0.0208. The molecule has 2 atom stereocenters. The molecule has 2 heteroatoms. The van der Waals surface area contributed by atoms with Crippen LogP contribution in [0.1, 0.15) is 59.3 Å². The van der Waals surface area contributed by atoms with Gasteiger partial charge in [-0.2, -0.15) is 0 Å². The van der Waals surface area contributed by atoms with E-state index in [1.165, 1.54) is 38.6 Å². The molecule has 0 radical (unpaired) electrons. The van der Waals surface area contributed by atoms with E-state index in [-0.39, 0.29) is 6.10 Å². The summed E-state index contributed by atoms with van der Waals surface area (Å²) < 4.78 is 0. The van der Waals surface area contributed by atoms with Crippen LogP contribution in [0.2, 0.25) is 0 Å². The molecule has 0 saturated heterocycles. The van der Waals surface area contributed by atoms with Gasteiger partial charge >= 0.3 is 0 Å². The third-order valence-electron chi connectivity index (χ3n) is 4.25. The molecule has 1 N–H and O–H groups in total. The molecule has 0 bridgehead atoms. The van der Waals surface area contributed by atoms with Crippen molar-refractivity contribution in [3.8, 4) is 0 Å². The zero-order valence-electron chi connectivity index (χ0n) is 11.1. The third kappa shape index (κ3) is 2.78.